The van der Waals surface area contributed by atoms with Gasteiger partial charge in [0.1, 0.15) is 11.4 Å². The number of nitrogens with zero attached hydrogens (tertiary/aromatic N) is 2. The van der Waals surface area contributed by atoms with E-state index in [0.717, 1.165) is 15.9 Å². The van der Waals surface area contributed by atoms with E-state index in [1.807, 2.05) is 24.3 Å². The summed E-state index contributed by atoms with van der Waals surface area (Å²) in [5.74, 6) is 0.817. The molecule has 0 radical (unpaired) electrons. The lowest BCUT2D eigenvalue weighted by atomic mass is 10.0. The van der Waals surface area contributed by atoms with Gasteiger partial charge in [0.2, 0.25) is 0 Å². The number of thioether (sulfide) groups is 1. The number of benzene rings is 3. The first-order valence-electron chi connectivity index (χ1n) is 8.66. The maximum Gasteiger partial charge on any atom is 0.257 e. The summed E-state index contributed by atoms with van der Waals surface area (Å²) in [6.07, 6.45) is 0. The summed E-state index contributed by atoms with van der Waals surface area (Å²) in [6.45, 7) is 0. The Hall–Kier alpha value is -1.89. The molecule has 2 saturated heterocycles. The lowest BCUT2D eigenvalue weighted by molar-refractivity contribution is -0.119. The van der Waals surface area contributed by atoms with Gasteiger partial charge in [-0.3, -0.25) is 9.69 Å². The standard InChI is InChI=1S/C21H15BrN2OS2/c22-14-8-10-15(11-9-14)23-19(25)18-12-27-20(24(18)21(23)26)17-7-3-5-13-4-1-2-6-16(13)17/h1-11,18,20H,12H2/t18-,20-/m0/s1. The fraction of sp³-hybridized carbons (Fsp3) is 0.143. The zero-order valence-electron chi connectivity index (χ0n) is 14.2. The molecule has 0 bridgehead atoms. The maximum absolute atomic E-state index is 13.1. The van der Waals surface area contributed by atoms with E-state index in [1.54, 1.807) is 16.7 Å². The number of hydrogen-bond donors (Lipinski definition) is 0. The summed E-state index contributed by atoms with van der Waals surface area (Å²) in [7, 11) is 0. The largest absolute Gasteiger partial charge is 0.319 e. The summed E-state index contributed by atoms with van der Waals surface area (Å²) in [5.41, 5.74) is 2.04. The van der Waals surface area contributed by atoms with E-state index >= 15 is 0 Å². The van der Waals surface area contributed by atoms with Gasteiger partial charge in [0.15, 0.2) is 5.11 Å². The average molecular weight is 455 g/mol. The van der Waals surface area contributed by atoms with Gasteiger partial charge in [0, 0.05) is 10.2 Å². The Bertz CT molecular complexity index is 1060. The molecular weight excluding hydrogens is 440 g/mol. The fourth-order valence-electron chi connectivity index (χ4n) is 3.82. The third kappa shape index (κ3) is 2.70. The maximum atomic E-state index is 13.1. The van der Waals surface area contributed by atoms with Crippen molar-refractivity contribution < 1.29 is 4.79 Å². The number of amides is 1. The molecule has 0 N–H and O–H groups in total. The van der Waals surface area contributed by atoms with E-state index in [2.05, 4.69) is 63.3 Å². The van der Waals surface area contributed by atoms with Gasteiger partial charge < -0.3 is 4.90 Å². The molecule has 134 valence electrons. The van der Waals surface area contributed by atoms with E-state index < -0.39 is 0 Å². The van der Waals surface area contributed by atoms with Crippen LogP contribution in [0.4, 0.5) is 5.69 Å². The zero-order valence-corrected chi connectivity index (χ0v) is 17.4. The van der Waals surface area contributed by atoms with E-state index in [-0.39, 0.29) is 17.3 Å². The molecule has 0 saturated carbocycles. The van der Waals surface area contributed by atoms with Gasteiger partial charge in [-0.1, -0.05) is 58.4 Å². The number of rotatable bonds is 2. The van der Waals surface area contributed by atoms with E-state index in [0.29, 0.717) is 5.11 Å². The number of carbonyl (C=O) groups is 1. The Morgan fingerprint density at radius 2 is 1.74 bits per heavy atom. The van der Waals surface area contributed by atoms with Crippen molar-refractivity contribution in [1.82, 2.24) is 4.90 Å². The van der Waals surface area contributed by atoms with Crippen molar-refractivity contribution in [3.8, 4) is 0 Å². The Labute approximate surface area is 175 Å². The minimum absolute atomic E-state index is 0.0537. The number of thiocarbonyl (C=S) groups is 1. The molecule has 2 aliphatic heterocycles. The molecule has 2 aliphatic rings. The predicted octanol–water partition coefficient (Wildman–Crippen LogP) is 5.35. The third-order valence-corrected chi connectivity index (χ3v) is 7.32. The van der Waals surface area contributed by atoms with Crippen LogP contribution in [0.15, 0.2) is 71.2 Å². The summed E-state index contributed by atoms with van der Waals surface area (Å²) in [6, 6.07) is 22.3. The molecule has 0 unspecified atom stereocenters. The van der Waals surface area contributed by atoms with Gasteiger partial charge in [0.25, 0.3) is 5.91 Å². The normalized spacial score (nSPS) is 22.0. The van der Waals surface area contributed by atoms with Gasteiger partial charge in [0.05, 0.1) is 5.69 Å². The molecule has 3 aromatic carbocycles. The zero-order chi connectivity index (χ0) is 18.5. The first-order valence-corrected chi connectivity index (χ1v) is 10.9. The molecular formula is C21H15BrN2OS2. The van der Waals surface area contributed by atoms with Gasteiger partial charge in [-0.05, 0) is 52.8 Å². The Morgan fingerprint density at radius 1 is 1.00 bits per heavy atom. The van der Waals surface area contributed by atoms with Crippen molar-refractivity contribution in [3.63, 3.8) is 0 Å². The van der Waals surface area contributed by atoms with Crippen molar-refractivity contribution >= 4 is 67.4 Å². The van der Waals surface area contributed by atoms with Crippen LogP contribution in [-0.4, -0.2) is 27.7 Å². The predicted molar refractivity (Wildman–Crippen MR) is 119 cm³/mol. The number of carbonyl (C=O) groups excluding carboxylic acids is 1. The molecule has 1 amide bonds. The molecule has 0 spiro atoms. The molecule has 3 nitrogen and oxygen atoms in total. The number of hydrogen-bond acceptors (Lipinski definition) is 3. The summed E-state index contributed by atoms with van der Waals surface area (Å²) in [4.78, 5) is 16.9. The molecule has 0 aliphatic carbocycles. The van der Waals surface area contributed by atoms with Crippen LogP contribution in [0.1, 0.15) is 10.9 Å². The number of halogens is 1. The Balaban J connectivity index is 1.56. The van der Waals surface area contributed by atoms with E-state index in [4.69, 9.17) is 12.2 Å². The Morgan fingerprint density at radius 3 is 2.56 bits per heavy atom. The second kappa shape index (κ2) is 6.62. The minimum atomic E-state index is -0.199. The van der Waals surface area contributed by atoms with Crippen LogP contribution in [0.5, 0.6) is 0 Å². The highest BCUT2D eigenvalue weighted by molar-refractivity contribution is 9.10. The average Bonchev–Trinajstić information content (AvgIpc) is 3.23. The van der Waals surface area contributed by atoms with E-state index in [9.17, 15) is 4.79 Å². The lowest BCUT2D eigenvalue weighted by Gasteiger charge is -2.26. The van der Waals surface area contributed by atoms with Gasteiger partial charge in [-0.25, -0.2) is 0 Å². The molecule has 2 atom stereocenters. The monoisotopic (exact) mass is 454 g/mol. The van der Waals surface area contributed by atoms with Crippen LogP contribution in [0.25, 0.3) is 10.8 Å². The number of anilines is 1. The van der Waals surface area contributed by atoms with Crippen LogP contribution in [0.3, 0.4) is 0 Å². The first-order chi connectivity index (χ1) is 13.1. The van der Waals surface area contributed by atoms with Gasteiger partial charge in [-0.15, -0.1) is 11.8 Å². The topological polar surface area (TPSA) is 23.6 Å². The summed E-state index contributed by atoms with van der Waals surface area (Å²) in [5, 5.41) is 3.07. The molecule has 3 aromatic rings. The van der Waals surface area contributed by atoms with Crippen LogP contribution >= 0.6 is 39.9 Å². The van der Waals surface area contributed by atoms with Crippen LogP contribution < -0.4 is 4.90 Å². The van der Waals surface area contributed by atoms with Crippen LogP contribution in [0, 0.1) is 0 Å². The highest BCUT2D eigenvalue weighted by Crippen LogP contribution is 2.47. The molecule has 27 heavy (non-hydrogen) atoms. The van der Waals surface area contributed by atoms with Crippen molar-refractivity contribution in [1.29, 1.82) is 0 Å². The van der Waals surface area contributed by atoms with Crippen LogP contribution in [0.2, 0.25) is 0 Å². The summed E-state index contributed by atoms with van der Waals surface area (Å²) >= 11 is 11.0. The second-order valence-corrected chi connectivity index (χ2v) is 9.00. The SMILES string of the molecule is O=C1[C@@H]2CS[C@@H](c3cccc4ccccc34)N2C(=S)N1c1ccc(Br)cc1. The van der Waals surface area contributed by atoms with E-state index in [1.165, 1.54) is 16.3 Å². The first kappa shape index (κ1) is 17.2. The molecule has 2 heterocycles. The lowest BCUT2D eigenvalue weighted by Crippen LogP contribution is -2.33. The van der Waals surface area contributed by atoms with Crippen LogP contribution in [-0.2, 0) is 4.79 Å². The molecule has 0 aromatic heterocycles. The quantitative estimate of drug-likeness (QED) is 0.486. The fourth-order valence-corrected chi connectivity index (χ4v) is 6.04. The molecule has 2 fully saturated rings. The smallest absolute Gasteiger partial charge is 0.257 e. The Kier molecular flexibility index (Phi) is 4.22. The number of fused-ring (bicyclic) bond motifs is 2. The van der Waals surface area contributed by atoms with Gasteiger partial charge in [-0.2, -0.15) is 0 Å². The third-order valence-electron chi connectivity index (χ3n) is 5.09. The summed E-state index contributed by atoms with van der Waals surface area (Å²) < 4.78 is 0.980. The second-order valence-electron chi connectivity index (χ2n) is 6.61. The highest BCUT2D eigenvalue weighted by Gasteiger charge is 2.51. The molecule has 6 heteroatoms. The van der Waals surface area contributed by atoms with Gasteiger partial charge >= 0.3 is 0 Å². The van der Waals surface area contributed by atoms with Crippen molar-refractivity contribution in [2.75, 3.05) is 10.7 Å². The minimum Gasteiger partial charge on any atom is -0.319 e. The molecule has 5 rings (SSSR count). The van der Waals surface area contributed by atoms with Crippen molar-refractivity contribution in [2.24, 2.45) is 0 Å². The van der Waals surface area contributed by atoms with Crippen molar-refractivity contribution in [3.05, 3.63) is 76.8 Å². The highest BCUT2D eigenvalue weighted by atomic mass is 79.9. The van der Waals surface area contributed by atoms with Crippen molar-refractivity contribution in [2.45, 2.75) is 11.4 Å².